The van der Waals surface area contributed by atoms with Gasteiger partial charge in [0.1, 0.15) is 17.4 Å². The molecule has 0 atom stereocenters. The number of aryl methyl sites for hydroxylation is 1. The molecule has 1 N–H and O–H groups in total. The number of methoxy groups -OCH3 is 1. The predicted molar refractivity (Wildman–Crippen MR) is 111 cm³/mol. The Labute approximate surface area is 162 Å². The number of nitrogens with zero attached hydrogens (tertiary/aromatic N) is 3. The van der Waals surface area contributed by atoms with Crippen molar-refractivity contribution in [1.82, 2.24) is 14.5 Å². The van der Waals surface area contributed by atoms with E-state index in [-0.39, 0.29) is 5.56 Å². The van der Waals surface area contributed by atoms with Crippen LogP contribution in [0, 0.1) is 0 Å². The molecule has 140 valence electrons. The second-order valence-electron chi connectivity index (χ2n) is 6.31. The van der Waals surface area contributed by atoms with Gasteiger partial charge in [0.05, 0.1) is 18.8 Å². The Hall–Kier alpha value is -3.67. The average Bonchev–Trinajstić information content (AvgIpc) is 2.74. The third-order valence-corrected chi connectivity index (χ3v) is 4.61. The number of pyridine rings is 3. The first-order valence-electron chi connectivity index (χ1n) is 9.05. The van der Waals surface area contributed by atoms with Crippen LogP contribution in [0.15, 0.2) is 71.8 Å². The van der Waals surface area contributed by atoms with Gasteiger partial charge in [-0.3, -0.25) is 4.79 Å². The molecule has 3 aromatic heterocycles. The Morgan fingerprint density at radius 1 is 1.00 bits per heavy atom. The van der Waals surface area contributed by atoms with E-state index in [2.05, 4.69) is 15.3 Å². The van der Waals surface area contributed by atoms with Crippen molar-refractivity contribution in [3.63, 3.8) is 0 Å². The van der Waals surface area contributed by atoms with Crippen LogP contribution in [0.25, 0.3) is 22.0 Å². The average molecular weight is 372 g/mol. The maximum absolute atomic E-state index is 13.1. The van der Waals surface area contributed by atoms with Crippen molar-refractivity contribution in [2.75, 3.05) is 12.4 Å². The van der Waals surface area contributed by atoms with Gasteiger partial charge in [0, 0.05) is 29.8 Å². The zero-order valence-electron chi connectivity index (χ0n) is 15.7. The summed E-state index contributed by atoms with van der Waals surface area (Å²) in [7, 11) is 1.60. The molecule has 4 rings (SSSR count). The lowest BCUT2D eigenvalue weighted by molar-refractivity contribution is 0.413. The number of hydrogen-bond donors (Lipinski definition) is 1. The number of nitrogens with one attached hydrogen (secondary N) is 1. The Morgan fingerprint density at radius 2 is 1.79 bits per heavy atom. The minimum atomic E-state index is -0.0130. The lowest BCUT2D eigenvalue weighted by Crippen LogP contribution is -2.21. The smallest absolute Gasteiger partial charge is 0.258 e. The fraction of sp³-hybridized carbons (Fsp3) is 0.136. The van der Waals surface area contributed by atoms with Crippen LogP contribution in [0.4, 0.5) is 11.6 Å². The third-order valence-electron chi connectivity index (χ3n) is 4.61. The van der Waals surface area contributed by atoms with Crippen molar-refractivity contribution in [3.05, 3.63) is 77.3 Å². The van der Waals surface area contributed by atoms with E-state index in [1.54, 1.807) is 24.1 Å². The van der Waals surface area contributed by atoms with Gasteiger partial charge in [-0.25, -0.2) is 9.97 Å². The van der Waals surface area contributed by atoms with Gasteiger partial charge in [0.15, 0.2) is 0 Å². The summed E-state index contributed by atoms with van der Waals surface area (Å²) in [5, 5.41) is 4.08. The highest BCUT2D eigenvalue weighted by atomic mass is 16.5. The predicted octanol–water partition coefficient (Wildman–Crippen LogP) is 4.23. The number of benzene rings is 1. The van der Waals surface area contributed by atoms with E-state index in [0.29, 0.717) is 29.5 Å². The summed E-state index contributed by atoms with van der Waals surface area (Å²) in [6.07, 6.45) is 3.41. The summed E-state index contributed by atoms with van der Waals surface area (Å²) >= 11 is 0. The van der Waals surface area contributed by atoms with Gasteiger partial charge < -0.3 is 14.6 Å². The fourth-order valence-electron chi connectivity index (χ4n) is 3.19. The van der Waals surface area contributed by atoms with Crippen molar-refractivity contribution < 1.29 is 4.74 Å². The van der Waals surface area contributed by atoms with Crippen molar-refractivity contribution in [2.45, 2.75) is 13.5 Å². The van der Waals surface area contributed by atoms with Gasteiger partial charge in [-0.15, -0.1) is 0 Å². The topological polar surface area (TPSA) is 69.0 Å². The van der Waals surface area contributed by atoms with Crippen LogP contribution < -0.4 is 15.6 Å². The molecule has 0 fully saturated rings. The number of hydrogen-bond acceptors (Lipinski definition) is 5. The van der Waals surface area contributed by atoms with E-state index in [4.69, 9.17) is 4.74 Å². The van der Waals surface area contributed by atoms with Crippen molar-refractivity contribution in [1.29, 1.82) is 0 Å². The quantitative estimate of drug-likeness (QED) is 0.568. The molecule has 0 bridgehead atoms. The highest BCUT2D eigenvalue weighted by Crippen LogP contribution is 2.23. The summed E-state index contributed by atoms with van der Waals surface area (Å²) in [6.45, 7) is 2.54. The minimum Gasteiger partial charge on any atom is -0.495 e. The Morgan fingerprint density at radius 3 is 2.46 bits per heavy atom. The van der Waals surface area contributed by atoms with Crippen LogP contribution in [0.5, 0.6) is 5.75 Å². The van der Waals surface area contributed by atoms with Crippen molar-refractivity contribution in [2.24, 2.45) is 0 Å². The highest BCUT2D eigenvalue weighted by Gasteiger charge is 2.11. The second kappa shape index (κ2) is 7.52. The van der Waals surface area contributed by atoms with Gasteiger partial charge in [-0.05, 0) is 30.7 Å². The number of rotatable bonds is 5. The molecule has 0 saturated heterocycles. The Kier molecular flexibility index (Phi) is 4.76. The summed E-state index contributed by atoms with van der Waals surface area (Å²) < 4.78 is 6.89. The van der Waals surface area contributed by atoms with Crippen LogP contribution in [-0.2, 0) is 6.54 Å². The van der Waals surface area contributed by atoms with Gasteiger partial charge in [-0.2, -0.15) is 0 Å². The fourth-order valence-corrected chi connectivity index (χ4v) is 3.19. The van der Waals surface area contributed by atoms with E-state index in [9.17, 15) is 4.79 Å². The monoisotopic (exact) mass is 372 g/mol. The molecule has 0 aliphatic carbocycles. The summed E-state index contributed by atoms with van der Waals surface area (Å²) in [5.74, 6) is 1.96. The van der Waals surface area contributed by atoms with Gasteiger partial charge in [0.25, 0.3) is 5.56 Å². The van der Waals surface area contributed by atoms with E-state index < -0.39 is 0 Å². The molecule has 3 heterocycles. The Bertz CT molecular complexity index is 1170. The molecule has 1 aromatic carbocycles. The highest BCUT2D eigenvalue weighted by molar-refractivity contribution is 5.85. The minimum absolute atomic E-state index is 0.0130. The van der Waals surface area contributed by atoms with Gasteiger partial charge in [0.2, 0.25) is 0 Å². The lowest BCUT2D eigenvalue weighted by atomic mass is 10.1. The molecular formula is C22H20N4O2. The summed E-state index contributed by atoms with van der Waals surface area (Å²) in [4.78, 5) is 21.8. The standard InChI is InChI=1S/C22H20N4O2/c1-3-26-19-12-21(25-20-10-9-17(28-2)14-24-20)23-13-16(19)11-18(22(26)27)15-7-5-4-6-8-15/h4-14H,3H2,1-2H3,(H,23,24,25). The van der Waals surface area contributed by atoms with E-state index >= 15 is 0 Å². The zero-order chi connectivity index (χ0) is 19.5. The molecule has 0 saturated carbocycles. The molecule has 0 aliphatic heterocycles. The second-order valence-corrected chi connectivity index (χ2v) is 6.31. The van der Waals surface area contributed by atoms with E-state index in [0.717, 1.165) is 16.5 Å². The molecule has 0 unspecified atom stereocenters. The van der Waals surface area contributed by atoms with Crippen LogP contribution >= 0.6 is 0 Å². The van der Waals surface area contributed by atoms with Gasteiger partial charge in [-0.1, -0.05) is 30.3 Å². The number of fused-ring (bicyclic) bond motifs is 1. The zero-order valence-corrected chi connectivity index (χ0v) is 15.7. The molecule has 6 nitrogen and oxygen atoms in total. The molecule has 4 aromatic rings. The Balaban J connectivity index is 1.77. The molecule has 0 aliphatic rings. The maximum Gasteiger partial charge on any atom is 0.258 e. The number of ether oxygens (including phenoxy) is 1. The summed E-state index contributed by atoms with van der Waals surface area (Å²) in [6, 6.07) is 17.1. The third kappa shape index (κ3) is 3.32. The lowest BCUT2D eigenvalue weighted by Gasteiger charge is -2.13. The van der Waals surface area contributed by atoms with Crippen molar-refractivity contribution in [3.8, 4) is 16.9 Å². The van der Waals surface area contributed by atoms with Crippen LogP contribution in [0.3, 0.4) is 0 Å². The normalized spacial score (nSPS) is 10.8. The molecule has 0 radical (unpaired) electrons. The van der Waals surface area contributed by atoms with Crippen molar-refractivity contribution >= 4 is 22.5 Å². The van der Waals surface area contributed by atoms with E-state index in [1.807, 2.05) is 61.5 Å². The first-order chi connectivity index (χ1) is 13.7. The van der Waals surface area contributed by atoms with Gasteiger partial charge >= 0.3 is 0 Å². The summed E-state index contributed by atoms with van der Waals surface area (Å²) in [5.41, 5.74) is 2.40. The van der Waals surface area contributed by atoms with Crippen LogP contribution in [-0.4, -0.2) is 21.6 Å². The van der Waals surface area contributed by atoms with E-state index in [1.165, 1.54) is 0 Å². The molecule has 0 amide bonds. The van der Waals surface area contributed by atoms with Crippen LogP contribution in [0.2, 0.25) is 0 Å². The molecular weight excluding hydrogens is 352 g/mol. The molecule has 28 heavy (non-hydrogen) atoms. The van der Waals surface area contributed by atoms with Crippen LogP contribution in [0.1, 0.15) is 6.92 Å². The first kappa shape index (κ1) is 17.7. The maximum atomic E-state index is 13.1. The largest absolute Gasteiger partial charge is 0.495 e. The first-order valence-corrected chi connectivity index (χ1v) is 9.05. The number of aromatic nitrogens is 3. The molecule has 6 heteroatoms. The molecule has 0 spiro atoms. The SMILES string of the molecule is CCn1c(=O)c(-c2ccccc2)cc2cnc(Nc3ccc(OC)cn3)cc21. The number of anilines is 2.